The van der Waals surface area contributed by atoms with E-state index < -0.39 is 0 Å². The van der Waals surface area contributed by atoms with Gasteiger partial charge in [-0.1, -0.05) is 49.0 Å². The summed E-state index contributed by atoms with van der Waals surface area (Å²) in [5, 5.41) is 4.35. The molecule has 0 fully saturated rings. The fraction of sp³-hybridized carbons (Fsp3) is 0.269. The number of ether oxygens (including phenoxy) is 3. The largest absolute Gasteiger partial charge is 0.497 e. The van der Waals surface area contributed by atoms with E-state index in [2.05, 4.69) is 17.0 Å². The number of unbranched alkanes of at least 4 members (excludes halogenated alkanes) is 1. The molecule has 0 N–H and O–H groups in total. The lowest BCUT2D eigenvalue weighted by molar-refractivity contribution is 0.272. The van der Waals surface area contributed by atoms with Gasteiger partial charge in [0.1, 0.15) is 5.75 Å². The van der Waals surface area contributed by atoms with Crippen molar-refractivity contribution in [3.63, 3.8) is 0 Å². The zero-order valence-electron chi connectivity index (χ0n) is 19.5. The normalized spacial score (nSPS) is 12.0. The molecule has 2 aromatic carbocycles. The molecule has 0 unspecified atom stereocenters. The molecule has 7 nitrogen and oxygen atoms in total. The maximum atomic E-state index is 12.9. The molecule has 8 heteroatoms. The van der Waals surface area contributed by atoms with Crippen LogP contribution in [0.25, 0.3) is 23.2 Å². The lowest BCUT2D eigenvalue weighted by Crippen LogP contribution is -2.23. The predicted molar refractivity (Wildman–Crippen MR) is 136 cm³/mol. The van der Waals surface area contributed by atoms with Crippen LogP contribution in [-0.4, -0.2) is 34.9 Å². The van der Waals surface area contributed by atoms with Gasteiger partial charge in [-0.25, -0.2) is 0 Å². The smallest absolute Gasteiger partial charge is 0.291 e. The number of thiazole rings is 1. The van der Waals surface area contributed by atoms with Crippen molar-refractivity contribution in [3.05, 3.63) is 74.3 Å². The second-order valence-corrected chi connectivity index (χ2v) is 8.54. The van der Waals surface area contributed by atoms with Gasteiger partial charge in [0.05, 0.1) is 24.9 Å². The minimum Gasteiger partial charge on any atom is -0.497 e. The summed E-state index contributed by atoms with van der Waals surface area (Å²) in [5.41, 5.74) is 1.65. The Morgan fingerprint density at radius 3 is 2.50 bits per heavy atom. The van der Waals surface area contributed by atoms with Crippen molar-refractivity contribution >= 4 is 34.5 Å². The third-order valence-electron chi connectivity index (χ3n) is 5.06. The van der Waals surface area contributed by atoms with Crippen LogP contribution in [0.4, 0.5) is 0 Å². The van der Waals surface area contributed by atoms with Crippen LogP contribution in [0.15, 0.2) is 47.3 Å². The molecule has 0 saturated heterocycles. The topological polar surface area (TPSA) is 75.0 Å². The van der Waals surface area contributed by atoms with Crippen molar-refractivity contribution in [3.8, 4) is 17.2 Å². The summed E-state index contributed by atoms with van der Waals surface area (Å²) < 4.78 is 18.7. The second kappa shape index (κ2) is 11.0. The van der Waals surface area contributed by atoms with Crippen molar-refractivity contribution in [2.75, 3.05) is 20.3 Å². The molecule has 4 rings (SSSR count). The molecule has 34 heavy (non-hydrogen) atoms. The fourth-order valence-corrected chi connectivity index (χ4v) is 4.20. The molecule has 0 saturated carbocycles. The van der Waals surface area contributed by atoms with Gasteiger partial charge >= 0.3 is 0 Å². The molecule has 0 aliphatic rings. The van der Waals surface area contributed by atoms with Gasteiger partial charge in [0.2, 0.25) is 4.96 Å². The summed E-state index contributed by atoms with van der Waals surface area (Å²) in [4.78, 5) is 17.9. The first-order chi connectivity index (χ1) is 16.6. The van der Waals surface area contributed by atoms with Gasteiger partial charge < -0.3 is 14.2 Å². The average Bonchev–Trinajstić information content (AvgIpc) is 3.38. The Balaban J connectivity index is 1.57. The van der Waals surface area contributed by atoms with Gasteiger partial charge in [-0.05, 0) is 60.9 Å². The Morgan fingerprint density at radius 2 is 1.79 bits per heavy atom. The van der Waals surface area contributed by atoms with Crippen LogP contribution in [-0.2, 0) is 0 Å². The highest BCUT2D eigenvalue weighted by Crippen LogP contribution is 2.29. The SMILES string of the molecule is CCCCOc1ccc(/C=c2/sc3nc(/C=C/c4ccc(OC)cc4)nn3c2=O)cc1OCC. The summed E-state index contributed by atoms with van der Waals surface area (Å²) >= 11 is 1.31. The highest BCUT2D eigenvalue weighted by Gasteiger charge is 2.10. The van der Waals surface area contributed by atoms with Crippen LogP contribution in [0.1, 0.15) is 43.6 Å². The van der Waals surface area contributed by atoms with Crippen LogP contribution >= 0.6 is 11.3 Å². The number of hydrogen-bond acceptors (Lipinski definition) is 7. The van der Waals surface area contributed by atoms with Crippen LogP contribution in [0.2, 0.25) is 0 Å². The zero-order valence-corrected chi connectivity index (χ0v) is 20.3. The molecule has 0 spiro atoms. The number of methoxy groups -OCH3 is 1. The molecule has 0 aliphatic carbocycles. The molecule has 4 aromatic rings. The number of aromatic nitrogens is 3. The Kier molecular flexibility index (Phi) is 7.59. The van der Waals surface area contributed by atoms with E-state index in [-0.39, 0.29) is 5.56 Å². The van der Waals surface area contributed by atoms with Crippen molar-refractivity contribution in [2.45, 2.75) is 26.7 Å². The summed E-state index contributed by atoms with van der Waals surface area (Å²) in [6.45, 7) is 5.23. The number of rotatable bonds is 10. The maximum absolute atomic E-state index is 12.9. The summed E-state index contributed by atoms with van der Waals surface area (Å²) in [6.07, 6.45) is 7.56. The van der Waals surface area contributed by atoms with Gasteiger partial charge in [0.25, 0.3) is 5.56 Å². The predicted octanol–water partition coefficient (Wildman–Crippen LogP) is 4.46. The lowest BCUT2D eigenvalue weighted by atomic mass is 10.2. The standard InChI is InChI=1S/C26H27N3O4S/c1-4-6-15-33-21-13-9-19(16-22(21)32-5-2)17-23-25(30)29-26(34-23)27-24(28-29)14-10-18-7-11-20(31-3)12-8-18/h7-14,16-17H,4-6,15H2,1-3H3/b14-10+,23-17+. The molecular formula is C26H27N3O4S. The van der Waals surface area contributed by atoms with E-state index in [4.69, 9.17) is 14.2 Å². The van der Waals surface area contributed by atoms with Gasteiger partial charge in [0.15, 0.2) is 17.3 Å². The van der Waals surface area contributed by atoms with E-state index in [0.29, 0.717) is 40.0 Å². The van der Waals surface area contributed by atoms with E-state index >= 15 is 0 Å². The molecule has 0 aliphatic heterocycles. The molecular weight excluding hydrogens is 450 g/mol. The molecule has 2 heterocycles. The first kappa shape index (κ1) is 23.5. The molecule has 0 atom stereocenters. The molecule has 0 bridgehead atoms. The number of hydrogen-bond donors (Lipinski definition) is 0. The Hall–Kier alpha value is -3.65. The third kappa shape index (κ3) is 5.46. The monoisotopic (exact) mass is 477 g/mol. The highest BCUT2D eigenvalue weighted by molar-refractivity contribution is 7.15. The van der Waals surface area contributed by atoms with E-state index in [1.807, 2.05) is 61.5 Å². The van der Waals surface area contributed by atoms with Crippen LogP contribution in [0, 0.1) is 0 Å². The van der Waals surface area contributed by atoms with Crippen LogP contribution in [0.3, 0.4) is 0 Å². The number of nitrogens with zero attached hydrogens (tertiary/aromatic N) is 3. The molecule has 2 aromatic heterocycles. The minimum atomic E-state index is -0.196. The maximum Gasteiger partial charge on any atom is 0.291 e. The Bertz CT molecular complexity index is 1390. The van der Waals surface area contributed by atoms with E-state index in [9.17, 15) is 4.79 Å². The number of fused-ring (bicyclic) bond motifs is 1. The van der Waals surface area contributed by atoms with Gasteiger partial charge in [0, 0.05) is 0 Å². The summed E-state index contributed by atoms with van der Waals surface area (Å²) in [7, 11) is 1.63. The van der Waals surface area contributed by atoms with Crippen LogP contribution < -0.4 is 24.3 Å². The van der Waals surface area contributed by atoms with Crippen molar-refractivity contribution in [2.24, 2.45) is 0 Å². The quantitative estimate of drug-likeness (QED) is 0.314. The zero-order chi connectivity index (χ0) is 23.9. The fourth-order valence-electron chi connectivity index (χ4n) is 3.29. The molecule has 176 valence electrons. The van der Waals surface area contributed by atoms with Gasteiger partial charge in [-0.15, -0.1) is 5.10 Å². The van der Waals surface area contributed by atoms with Crippen molar-refractivity contribution < 1.29 is 14.2 Å². The van der Waals surface area contributed by atoms with Crippen LogP contribution in [0.5, 0.6) is 17.2 Å². The summed E-state index contributed by atoms with van der Waals surface area (Å²) in [5.74, 6) is 2.67. The lowest BCUT2D eigenvalue weighted by Gasteiger charge is -2.12. The van der Waals surface area contributed by atoms with E-state index in [0.717, 1.165) is 29.7 Å². The van der Waals surface area contributed by atoms with Gasteiger partial charge in [-0.2, -0.15) is 9.50 Å². The molecule has 0 amide bonds. The minimum absolute atomic E-state index is 0.196. The first-order valence-electron chi connectivity index (χ1n) is 11.2. The second-order valence-electron chi connectivity index (χ2n) is 7.53. The molecule has 0 radical (unpaired) electrons. The third-order valence-corrected chi connectivity index (χ3v) is 6.02. The Labute approximate surface area is 201 Å². The Morgan fingerprint density at radius 1 is 1.00 bits per heavy atom. The average molecular weight is 478 g/mol. The highest BCUT2D eigenvalue weighted by atomic mass is 32.1. The number of benzene rings is 2. The van der Waals surface area contributed by atoms with E-state index in [1.54, 1.807) is 13.2 Å². The van der Waals surface area contributed by atoms with Crippen molar-refractivity contribution in [1.29, 1.82) is 0 Å². The first-order valence-corrected chi connectivity index (χ1v) is 12.1. The van der Waals surface area contributed by atoms with Gasteiger partial charge in [-0.3, -0.25) is 4.79 Å². The summed E-state index contributed by atoms with van der Waals surface area (Å²) in [6, 6.07) is 13.4. The van der Waals surface area contributed by atoms with Crippen molar-refractivity contribution in [1.82, 2.24) is 14.6 Å². The van der Waals surface area contributed by atoms with E-state index in [1.165, 1.54) is 15.9 Å².